The van der Waals surface area contributed by atoms with Crippen molar-refractivity contribution in [3.05, 3.63) is 41.7 Å². The first-order valence-corrected chi connectivity index (χ1v) is 3.96. The molecular weight excluding hydrogens is 212 g/mol. The van der Waals surface area contributed by atoms with Crippen LogP contribution in [0.3, 0.4) is 0 Å². The van der Waals surface area contributed by atoms with Gasteiger partial charge in [0.15, 0.2) is 6.08 Å². The van der Waals surface area contributed by atoms with Crippen molar-refractivity contribution < 1.29 is 24.0 Å². The van der Waals surface area contributed by atoms with Gasteiger partial charge in [-0.1, -0.05) is 18.2 Å². The van der Waals surface area contributed by atoms with Crippen molar-refractivity contribution in [3.8, 4) is 0 Å². The molecule has 1 unspecified atom stereocenters. The third-order valence-corrected chi connectivity index (χ3v) is 1.59. The van der Waals surface area contributed by atoms with Crippen molar-refractivity contribution in [2.24, 2.45) is 0 Å². The van der Waals surface area contributed by atoms with Crippen LogP contribution in [0.1, 0.15) is 6.93 Å². The van der Waals surface area contributed by atoms with Gasteiger partial charge in [0.1, 0.15) is 5.82 Å². The van der Waals surface area contributed by atoms with Gasteiger partial charge < -0.3 is 5.11 Å². The average molecular weight is 221 g/mol. The van der Waals surface area contributed by atoms with Crippen molar-refractivity contribution >= 4 is 6.08 Å². The molecule has 1 nitrogen and oxygen atoms in total. The highest BCUT2D eigenvalue weighted by Crippen LogP contribution is 2.21. The predicted molar refractivity (Wildman–Crippen MR) is 47.5 cm³/mol. The first-order valence-electron chi connectivity index (χ1n) is 4.46. The summed E-state index contributed by atoms with van der Waals surface area (Å²) in [6, 6.07) is 4.60. The van der Waals surface area contributed by atoms with Crippen LogP contribution in [0.25, 0.3) is 6.08 Å². The van der Waals surface area contributed by atoms with E-state index in [4.69, 9.17) is 6.48 Å². The van der Waals surface area contributed by atoms with Crippen LogP contribution in [0.4, 0.5) is 17.6 Å². The molecule has 0 fully saturated rings. The number of aliphatic hydroxyl groups is 1. The lowest BCUT2D eigenvalue weighted by Gasteiger charge is -2.09. The van der Waals surface area contributed by atoms with Crippen molar-refractivity contribution in [2.75, 3.05) is 0 Å². The van der Waals surface area contributed by atoms with Crippen LogP contribution in [0.15, 0.2) is 30.3 Å². The zero-order valence-corrected chi connectivity index (χ0v) is 7.42. The van der Waals surface area contributed by atoms with Crippen molar-refractivity contribution in [3.63, 3.8) is 0 Å². The summed E-state index contributed by atoms with van der Waals surface area (Å²) in [6.07, 6.45) is -7.51. The molecule has 0 aliphatic carbocycles. The maximum Gasteiger partial charge on any atom is 0.417 e. The Bertz CT molecular complexity index is 381. The van der Waals surface area contributed by atoms with Crippen molar-refractivity contribution in [1.29, 1.82) is 0 Å². The van der Waals surface area contributed by atoms with Gasteiger partial charge in [0.25, 0.3) is 0 Å². The quantitative estimate of drug-likeness (QED) is 0.761. The normalized spacial score (nSPS) is 17.5. The zero-order chi connectivity index (χ0) is 12.4. The molecule has 1 aromatic rings. The maximum atomic E-state index is 12.5. The SMILES string of the molecule is [2H]C(O)(/C=C/c1ccc(F)cc1)C(F)(F)F. The molecule has 0 spiro atoms. The monoisotopic (exact) mass is 221 g/mol. The lowest BCUT2D eigenvalue weighted by atomic mass is 10.2. The van der Waals surface area contributed by atoms with Crippen LogP contribution in [0, 0.1) is 5.82 Å². The number of rotatable bonds is 2. The average Bonchev–Trinajstić information content (AvgIpc) is 2.15. The summed E-state index contributed by atoms with van der Waals surface area (Å²) in [6.45, 7) is 0. The molecular formula is C10H8F4O. The van der Waals surface area contributed by atoms with Gasteiger partial charge in [-0.3, -0.25) is 0 Å². The minimum absolute atomic E-state index is 0.260. The highest BCUT2D eigenvalue weighted by atomic mass is 19.4. The lowest BCUT2D eigenvalue weighted by Crippen LogP contribution is -2.25. The maximum absolute atomic E-state index is 12.5. The molecule has 0 aliphatic rings. The van der Waals surface area contributed by atoms with E-state index in [1.807, 2.05) is 0 Å². The minimum atomic E-state index is -5.07. The molecule has 0 radical (unpaired) electrons. The first kappa shape index (κ1) is 10.2. The van der Waals surface area contributed by atoms with Gasteiger partial charge in [-0.2, -0.15) is 13.2 Å². The van der Waals surface area contributed by atoms with E-state index in [9.17, 15) is 17.6 Å². The van der Waals surface area contributed by atoms with Crippen LogP contribution in [0.2, 0.25) is 0 Å². The van der Waals surface area contributed by atoms with E-state index in [1.165, 1.54) is 12.1 Å². The molecule has 0 heterocycles. The fraction of sp³-hybridized carbons (Fsp3) is 0.200. The zero-order valence-electron chi connectivity index (χ0n) is 8.42. The number of alkyl halides is 3. The Morgan fingerprint density at radius 1 is 1.27 bits per heavy atom. The third-order valence-electron chi connectivity index (χ3n) is 1.59. The number of benzene rings is 1. The van der Waals surface area contributed by atoms with Gasteiger partial charge in [0.2, 0.25) is 0 Å². The molecule has 82 valence electrons. The molecule has 1 aromatic carbocycles. The predicted octanol–water partition coefficient (Wildman–Crippen LogP) is 2.76. The van der Waals surface area contributed by atoms with Gasteiger partial charge in [-0.25, -0.2) is 4.39 Å². The highest BCUT2D eigenvalue weighted by Gasteiger charge is 2.35. The minimum Gasteiger partial charge on any atom is -0.380 e. The third kappa shape index (κ3) is 3.71. The molecule has 0 saturated carbocycles. The van der Waals surface area contributed by atoms with Crippen molar-refractivity contribution in [1.82, 2.24) is 0 Å². The first-order chi connectivity index (χ1) is 7.22. The van der Waals surface area contributed by atoms with E-state index in [2.05, 4.69) is 0 Å². The van der Waals surface area contributed by atoms with Crippen LogP contribution in [0.5, 0.6) is 0 Å². The summed E-state index contributed by atoms with van der Waals surface area (Å²) in [4.78, 5) is 0. The van der Waals surface area contributed by atoms with E-state index in [0.29, 0.717) is 6.08 Å². The van der Waals surface area contributed by atoms with E-state index >= 15 is 0 Å². The number of hydrogen-bond donors (Lipinski definition) is 1. The Hall–Kier alpha value is -1.36. The van der Waals surface area contributed by atoms with Crippen LogP contribution >= 0.6 is 0 Å². The lowest BCUT2D eigenvalue weighted by molar-refractivity contribution is -0.187. The van der Waals surface area contributed by atoms with E-state index in [0.717, 1.165) is 18.2 Å². The second-order valence-electron chi connectivity index (χ2n) is 2.77. The summed E-state index contributed by atoms with van der Waals surface area (Å²) in [5, 5.41) is 8.75. The largest absolute Gasteiger partial charge is 0.417 e. The molecule has 0 saturated heterocycles. The van der Waals surface area contributed by atoms with Gasteiger partial charge in [-0.15, -0.1) is 0 Å². The van der Waals surface area contributed by atoms with Gasteiger partial charge in [0.05, 0.1) is 1.37 Å². The second-order valence-corrected chi connectivity index (χ2v) is 2.77. The molecule has 1 atom stereocenters. The van der Waals surface area contributed by atoms with Gasteiger partial charge in [0, 0.05) is 0 Å². The van der Waals surface area contributed by atoms with Crippen LogP contribution < -0.4 is 0 Å². The van der Waals surface area contributed by atoms with Crippen LogP contribution in [-0.2, 0) is 0 Å². The standard InChI is InChI=1S/C10H8F4O/c11-8-4-1-7(2-5-8)3-6-9(15)10(12,13)14/h1-6,9,15H/b6-3+/i9D. The molecule has 0 aliphatic heterocycles. The Morgan fingerprint density at radius 3 is 2.27 bits per heavy atom. The van der Waals surface area contributed by atoms with Crippen molar-refractivity contribution in [2.45, 2.75) is 12.3 Å². The Balaban J connectivity index is 2.85. The summed E-state index contributed by atoms with van der Waals surface area (Å²) < 4.78 is 55.3. The molecule has 5 heteroatoms. The topological polar surface area (TPSA) is 20.2 Å². The number of halogens is 4. The van der Waals surface area contributed by atoms with E-state index in [1.54, 1.807) is 0 Å². The van der Waals surface area contributed by atoms with Crippen LogP contribution in [-0.4, -0.2) is 17.4 Å². The summed E-state index contributed by atoms with van der Waals surface area (Å²) >= 11 is 0. The molecule has 15 heavy (non-hydrogen) atoms. The molecule has 0 amide bonds. The summed E-state index contributed by atoms with van der Waals surface area (Å²) in [5.74, 6) is -0.519. The van der Waals surface area contributed by atoms with E-state index in [-0.39, 0.29) is 5.56 Å². The molecule has 0 aromatic heterocycles. The molecule has 1 N–H and O–H groups in total. The summed E-state index contributed by atoms with van der Waals surface area (Å²) in [5.41, 5.74) is 0.260. The van der Waals surface area contributed by atoms with E-state index < -0.39 is 18.1 Å². The highest BCUT2D eigenvalue weighted by molar-refractivity contribution is 5.49. The second kappa shape index (κ2) is 4.44. The number of hydrogen-bond acceptors (Lipinski definition) is 1. The Labute approximate surface area is 85.1 Å². The fourth-order valence-corrected chi connectivity index (χ4v) is 0.844. The summed E-state index contributed by atoms with van der Waals surface area (Å²) in [7, 11) is 0. The van der Waals surface area contributed by atoms with Gasteiger partial charge in [-0.05, 0) is 23.8 Å². The van der Waals surface area contributed by atoms with Gasteiger partial charge >= 0.3 is 6.18 Å². The Morgan fingerprint density at radius 2 is 1.80 bits per heavy atom. The smallest absolute Gasteiger partial charge is 0.380 e. The fourth-order valence-electron chi connectivity index (χ4n) is 0.844. The molecule has 1 rings (SSSR count). The Kier molecular flexibility index (Phi) is 3.01. The molecule has 0 bridgehead atoms.